The Morgan fingerprint density at radius 3 is 2.51 bits per heavy atom. The highest BCUT2D eigenvalue weighted by Gasteiger charge is 2.34. The predicted octanol–water partition coefficient (Wildman–Crippen LogP) is 6.13. The summed E-state index contributed by atoms with van der Waals surface area (Å²) in [5, 5.41) is 9.33. The molecule has 5 rings (SSSR count). The van der Waals surface area contributed by atoms with Gasteiger partial charge >= 0.3 is 5.97 Å². The summed E-state index contributed by atoms with van der Waals surface area (Å²) < 4.78 is 11.7. The zero-order valence-electron chi connectivity index (χ0n) is 21.3. The molecule has 0 unspecified atom stereocenters. The highest BCUT2D eigenvalue weighted by Crippen LogP contribution is 2.45. The minimum Gasteiger partial charge on any atom is -0.497 e. The summed E-state index contributed by atoms with van der Waals surface area (Å²) in [5.41, 5.74) is 4.33. The first-order valence-electron chi connectivity index (χ1n) is 12.9. The summed E-state index contributed by atoms with van der Waals surface area (Å²) in [7, 11) is 1.70. The number of hydrogen-bond acceptors (Lipinski definition) is 5. The maximum atomic E-state index is 11.4. The van der Waals surface area contributed by atoms with Gasteiger partial charge in [-0.2, -0.15) is 13.5 Å². The number of pyridine rings is 1. The molecule has 0 radical (unpaired) electrons. The van der Waals surface area contributed by atoms with Crippen molar-refractivity contribution in [2.75, 3.05) is 31.7 Å². The lowest BCUT2D eigenvalue weighted by Gasteiger charge is -2.34. The highest BCUT2D eigenvalue weighted by molar-refractivity contribution is 7.59. The van der Waals surface area contributed by atoms with E-state index in [9.17, 15) is 9.90 Å². The summed E-state index contributed by atoms with van der Waals surface area (Å²) in [4.78, 5) is 18.3. The van der Waals surface area contributed by atoms with Gasteiger partial charge in [0, 0.05) is 36.6 Å². The van der Waals surface area contributed by atoms with Crippen molar-refractivity contribution in [2.45, 2.75) is 38.0 Å². The fraction of sp³-hybridized carbons (Fsp3) is 0.400. The van der Waals surface area contributed by atoms with Crippen molar-refractivity contribution in [3.8, 4) is 22.8 Å². The lowest BCUT2D eigenvalue weighted by atomic mass is 9.91. The van der Waals surface area contributed by atoms with Gasteiger partial charge in [-0.05, 0) is 85.4 Å². The van der Waals surface area contributed by atoms with Crippen LogP contribution in [0.15, 0.2) is 66.9 Å². The molecule has 0 amide bonds. The first-order chi connectivity index (χ1) is 17.6. The highest BCUT2D eigenvalue weighted by atomic mass is 32.1. The number of carboxylic acid groups (broad SMARTS) is 1. The molecule has 1 aliphatic heterocycles. The second-order valence-corrected chi connectivity index (χ2v) is 9.95. The Morgan fingerprint density at radius 2 is 1.84 bits per heavy atom. The topological polar surface area (TPSA) is 71.9 Å². The average Bonchev–Trinajstić information content (AvgIpc) is 3.76. The monoisotopic (exact) mass is 520 g/mol. The molecule has 1 aromatic heterocycles. The molecule has 2 aliphatic rings. The molecule has 1 atom stereocenters. The van der Waals surface area contributed by atoms with Crippen LogP contribution in [-0.4, -0.2) is 42.9 Å². The second kappa shape index (κ2) is 12.4. The fourth-order valence-corrected chi connectivity index (χ4v) is 5.27. The Kier molecular flexibility index (Phi) is 8.98. The minimum absolute atomic E-state index is 0. The van der Waals surface area contributed by atoms with Crippen LogP contribution in [0.1, 0.15) is 43.6 Å². The number of nitrogens with zero attached hydrogens (tertiary/aromatic N) is 2. The van der Waals surface area contributed by atoms with Crippen LogP contribution < -0.4 is 14.4 Å². The summed E-state index contributed by atoms with van der Waals surface area (Å²) in [6.07, 6.45) is 6.35. The standard InChI is InChI=1S/C30H34N2O4.H2S/c1-35-24-10-11-26(28-7-2-3-14-31-28)29(18-24)32-15-12-21(13-16-32)20-36-25-6-4-5-23(17-25)27(19-30(33)34)22-8-9-22;/h2-7,10-11,14,17-18,21-22,27H,8-9,12-13,15-16,19-20H2,1H3,(H,33,34);1H2/t27-;/m0./s1. The van der Waals surface area contributed by atoms with Gasteiger partial charge < -0.3 is 19.5 Å². The number of anilines is 1. The van der Waals surface area contributed by atoms with Crippen LogP contribution in [0.25, 0.3) is 11.3 Å². The van der Waals surface area contributed by atoms with Gasteiger partial charge in [0.15, 0.2) is 0 Å². The van der Waals surface area contributed by atoms with E-state index >= 15 is 0 Å². The smallest absolute Gasteiger partial charge is 0.303 e. The third-order valence-electron chi connectivity index (χ3n) is 7.46. The van der Waals surface area contributed by atoms with Crippen molar-refractivity contribution in [1.29, 1.82) is 0 Å². The van der Waals surface area contributed by atoms with Crippen LogP contribution in [0, 0.1) is 11.8 Å². The maximum Gasteiger partial charge on any atom is 0.303 e. The Balaban J connectivity index is 0.00000320. The van der Waals surface area contributed by atoms with Crippen LogP contribution in [0.5, 0.6) is 11.5 Å². The molecule has 37 heavy (non-hydrogen) atoms. The van der Waals surface area contributed by atoms with Gasteiger partial charge in [-0.15, -0.1) is 0 Å². The van der Waals surface area contributed by atoms with Crippen LogP contribution in [0.2, 0.25) is 0 Å². The number of piperidine rings is 1. The molecule has 7 heteroatoms. The Morgan fingerprint density at radius 1 is 1.03 bits per heavy atom. The molecule has 0 spiro atoms. The third-order valence-corrected chi connectivity index (χ3v) is 7.46. The first-order valence-corrected chi connectivity index (χ1v) is 12.9. The van der Waals surface area contributed by atoms with Crippen molar-refractivity contribution in [1.82, 2.24) is 4.98 Å². The van der Waals surface area contributed by atoms with Crippen molar-refractivity contribution in [3.63, 3.8) is 0 Å². The van der Waals surface area contributed by atoms with Gasteiger partial charge in [0.25, 0.3) is 0 Å². The molecule has 2 fully saturated rings. The average molecular weight is 521 g/mol. The van der Waals surface area contributed by atoms with Crippen LogP contribution in [0.3, 0.4) is 0 Å². The maximum absolute atomic E-state index is 11.4. The van der Waals surface area contributed by atoms with E-state index in [1.807, 2.05) is 48.7 Å². The molecular weight excluding hydrogens is 484 g/mol. The third kappa shape index (κ3) is 6.77. The first kappa shape index (κ1) is 26.9. The molecule has 1 saturated carbocycles. The van der Waals surface area contributed by atoms with E-state index in [0.29, 0.717) is 18.4 Å². The number of methoxy groups -OCH3 is 1. The van der Waals surface area contributed by atoms with Crippen molar-refractivity contribution in [2.24, 2.45) is 11.8 Å². The summed E-state index contributed by atoms with van der Waals surface area (Å²) in [6, 6.07) is 20.3. The van der Waals surface area contributed by atoms with E-state index in [4.69, 9.17) is 9.47 Å². The van der Waals surface area contributed by atoms with Crippen LogP contribution in [-0.2, 0) is 4.79 Å². The quantitative estimate of drug-likeness (QED) is 0.347. The Hall–Kier alpha value is -3.19. The zero-order chi connectivity index (χ0) is 24.9. The van der Waals surface area contributed by atoms with Gasteiger partial charge in [-0.25, -0.2) is 0 Å². The zero-order valence-corrected chi connectivity index (χ0v) is 22.3. The number of carbonyl (C=O) groups is 1. The molecule has 6 nitrogen and oxygen atoms in total. The van der Waals surface area contributed by atoms with E-state index in [1.54, 1.807) is 7.11 Å². The van der Waals surface area contributed by atoms with Gasteiger partial charge in [0.2, 0.25) is 0 Å². The number of aliphatic carboxylic acids is 1. The van der Waals surface area contributed by atoms with Crippen molar-refractivity contribution in [3.05, 3.63) is 72.4 Å². The molecule has 196 valence electrons. The van der Waals surface area contributed by atoms with Crippen LogP contribution in [0.4, 0.5) is 5.69 Å². The fourth-order valence-electron chi connectivity index (χ4n) is 5.27. The largest absolute Gasteiger partial charge is 0.497 e. The van der Waals surface area contributed by atoms with E-state index in [2.05, 4.69) is 28.1 Å². The van der Waals surface area contributed by atoms with Gasteiger partial charge in [0.05, 0.1) is 25.8 Å². The summed E-state index contributed by atoms with van der Waals surface area (Å²) in [5.74, 6) is 2.02. The summed E-state index contributed by atoms with van der Waals surface area (Å²) >= 11 is 0. The number of aromatic nitrogens is 1. The van der Waals surface area contributed by atoms with E-state index in [-0.39, 0.29) is 25.8 Å². The van der Waals surface area contributed by atoms with Crippen molar-refractivity contribution < 1.29 is 19.4 Å². The van der Waals surface area contributed by atoms with Gasteiger partial charge in [-0.1, -0.05) is 18.2 Å². The molecule has 1 aliphatic carbocycles. The van der Waals surface area contributed by atoms with E-state index in [1.165, 1.54) is 0 Å². The number of ether oxygens (including phenoxy) is 2. The Labute approximate surface area is 226 Å². The summed E-state index contributed by atoms with van der Waals surface area (Å²) in [6.45, 7) is 2.57. The van der Waals surface area contributed by atoms with Gasteiger partial charge in [-0.3, -0.25) is 9.78 Å². The second-order valence-electron chi connectivity index (χ2n) is 9.95. The minimum atomic E-state index is -0.729. The number of carboxylic acids is 1. The predicted molar refractivity (Wildman–Crippen MR) is 151 cm³/mol. The lowest BCUT2D eigenvalue weighted by molar-refractivity contribution is -0.137. The SMILES string of the molecule is COc1ccc(-c2ccccn2)c(N2CCC(COc3cccc([C@@H](CC(=O)O)C4CC4)c3)CC2)c1.S. The van der Waals surface area contributed by atoms with Crippen LogP contribution >= 0.6 is 13.5 Å². The van der Waals surface area contributed by atoms with Gasteiger partial charge in [0.1, 0.15) is 11.5 Å². The van der Waals surface area contributed by atoms with Crippen molar-refractivity contribution >= 4 is 25.2 Å². The molecule has 1 saturated heterocycles. The molecule has 3 aromatic rings. The molecular formula is C30H36N2O4S. The van der Waals surface area contributed by atoms with E-state index < -0.39 is 5.97 Å². The normalized spacial score (nSPS) is 16.5. The van der Waals surface area contributed by atoms with E-state index in [0.717, 1.165) is 72.8 Å². The number of rotatable bonds is 10. The molecule has 1 N–H and O–H groups in total. The number of hydrogen-bond donors (Lipinski definition) is 1. The number of benzene rings is 2. The molecule has 2 aromatic carbocycles. The molecule has 2 heterocycles. The Bertz CT molecular complexity index is 1180. The molecule has 0 bridgehead atoms. The lowest BCUT2D eigenvalue weighted by Crippen LogP contribution is -2.35.